The summed E-state index contributed by atoms with van der Waals surface area (Å²) in [6.45, 7) is 12.9. The summed E-state index contributed by atoms with van der Waals surface area (Å²) < 4.78 is 5.31. The molecule has 2 unspecified atom stereocenters. The fraction of sp³-hybridized carbons (Fsp3) is 0.933. The highest BCUT2D eigenvalue weighted by Gasteiger charge is 2.28. The largest absolute Gasteiger partial charge is 0.444 e. The molecule has 1 aliphatic carbocycles. The van der Waals surface area contributed by atoms with Gasteiger partial charge < -0.3 is 15.4 Å². The minimum atomic E-state index is -0.444. The van der Waals surface area contributed by atoms with Crippen molar-refractivity contribution in [3.05, 3.63) is 0 Å². The van der Waals surface area contributed by atoms with Gasteiger partial charge in [-0.25, -0.2) is 4.79 Å². The summed E-state index contributed by atoms with van der Waals surface area (Å²) in [6.07, 6.45) is 2.34. The van der Waals surface area contributed by atoms with Crippen molar-refractivity contribution in [1.29, 1.82) is 0 Å². The van der Waals surface area contributed by atoms with Crippen molar-refractivity contribution in [1.82, 2.24) is 10.6 Å². The molecule has 1 rings (SSSR count). The second kappa shape index (κ2) is 6.60. The Morgan fingerprint density at radius 2 is 1.84 bits per heavy atom. The molecule has 0 aromatic carbocycles. The average molecular weight is 270 g/mol. The van der Waals surface area contributed by atoms with Gasteiger partial charge in [0.05, 0.1) is 0 Å². The SMILES string of the molecule is CC(C)C(CNC(C)C1CC1)NC(=O)OC(C)(C)C. The summed E-state index contributed by atoms with van der Waals surface area (Å²) in [5.74, 6) is 1.21. The van der Waals surface area contributed by atoms with Crippen LogP contribution in [0.5, 0.6) is 0 Å². The van der Waals surface area contributed by atoms with Crippen LogP contribution in [-0.2, 0) is 4.74 Å². The van der Waals surface area contributed by atoms with Gasteiger partial charge in [-0.1, -0.05) is 13.8 Å². The lowest BCUT2D eigenvalue weighted by atomic mass is 10.0. The molecule has 2 atom stereocenters. The van der Waals surface area contributed by atoms with Crippen LogP contribution in [0.2, 0.25) is 0 Å². The maximum atomic E-state index is 11.8. The fourth-order valence-corrected chi connectivity index (χ4v) is 1.99. The van der Waals surface area contributed by atoms with Gasteiger partial charge in [-0.3, -0.25) is 0 Å². The molecule has 1 fully saturated rings. The number of carbonyl (C=O) groups is 1. The zero-order valence-corrected chi connectivity index (χ0v) is 13.2. The molecule has 0 heterocycles. The van der Waals surface area contributed by atoms with Crippen molar-refractivity contribution >= 4 is 6.09 Å². The van der Waals surface area contributed by atoms with Crippen molar-refractivity contribution in [2.24, 2.45) is 11.8 Å². The minimum absolute atomic E-state index is 0.107. The van der Waals surface area contributed by atoms with E-state index < -0.39 is 5.60 Å². The second-order valence-electron chi connectivity index (χ2n) is 7.03. The normalized spacial score (nSPS) is 19.1. The molecule has 0 aromatic rings. The number of rotatable bonds is 6. The first-order valence-corrected chi connectivity index (χ1v) is 7.42. The molecule has 0 bridgehead atoms. The number of nitrogens with one attached hydrogen (secondary N) is 2. The summed E-state index contributed by atoms with van der Waals surface area (Å²) in [5, 5.41) is 6.49. The van der Waals surface area contributed by atoms with Crippen LogP contribution in [-0.4, -0.2) is 30.3 Å². The van der Waals surface area contributed by atoms with E-state index in [2.05, 4.69) is 31.4 Å². The maximum Gasteiger partial charge on any atom is 0.407 e. The Kier molecular flexibility index (Phi) is 5.65. The van der Waals surface area contributed by atoms with Gasteiger partial charge in [-0.15, -0.1) is 0 Å². The zero-order chi connectivity index (χ0) is 14.6. The number of alkyl carbamates (subject to hydrolysis) is 1. The molecule has 0 spiro atoms. The summed E-state index contributed by atoms with van der Waals surface area (Å²) in [4.78, 5) is 11.8. The highest BCUT2D eigenvalue weighted by molar-refractivity contribution is 5.68. The zero-order valence-electron chi connectivity index (χ0n) is 13.2. The van der Waals surface area contributed by atoms with Gasteiger partial charge in [0.25, 0.3) is 0 Å². The predicted molar refractivity (Wildman–Crippen MR) is 78.2 cm³/mol. The van der Waals surface area contributed by atoms with Crippen molar-refractivity contribution in [3.8, 4) is 0 Å². The number of carbonyl (C=O) groups excluding carboxylic acids is 1. The Balaban J connectivity index is 2.36. The van der Waals surface area contributed by atoms with E-state index >= 15 is 0 Å². The van der Waals surface area contributed by atoms with E-state index in [1.807, 2.05) is 20.8 Å². The Bertz CT molecular complexity index is 293. The molecule has 0 aromatic heterocycles. The van der Waals surface area contributed by atoms with Crippen LogP contribution >= 0.6 is 0 Å². The van der Waals surface area contributed by atoms with Crippen molar-refractivity contribution in [3.63, 3.8) is 0 Å². The van der Waals surface area contributed by atoms with Crippen molar-refractivity contribution in [2.45, 2.75) is 72.1 Å². The molecular formula is C15H30N2O2. The van der Waals surface area contributed by atoms with Crippen LogP contribution in [0.3, 0.4) is 0 Å². The third-order valence-corrected chi connectivity index (χ3v) is 3.50. The second-order valence-corrected chi connectivity index (χ2v) is 7.03. The van der Waals surface area contributed by atoms with Crippen LogP contribution in [0.4, 0.5) is 4.79 Å². The van der Waals surface area contributed by atoms with E-state index in [-0.39, 0.29) is 12.1 Å². The summed E-state index contributed by atoms with van der Waals surface area (Å²) in [7, 11) is 0. The third kappa shape index (κ3) is 6.81. The lowest BCUT2D eigenvalue weighted by molar-refractivity contribution is 0.0489. The summed E-state index contributed by atoms with van der Waals surface area (Å²) >= 11 is 0. The van der Waals surface area contributed by atoms with Crippen LogP contribution < -0.4 is 10.6 Å². The van der Waals surface area contributed by atoms with Crippen LogP contribution in [0, 0.1) is 11.8 Å². The average Bonchev–Trinajstić information content (AvgIpc) is 3.03. The summed E-state index contributed by atoms with van der Waals surface area (Å²) in [5.41, 5.74) is -0.444. The molecule has 1 saturated carbocycles. The molecule has 112 valence electrons. The number of hydrogen-bond acceptors (Lipinski definition) is 3. The van der Waals surface area contributed by atoms with Gasteiger partial charge in [-0.2, -0.15) is 0 Å². The Morgan fingerprint density at radius 3 is 2.26 bits per heavy atom. The maximum absolute atomic E-state index is 11.8. The van der Waals surface area contributed by atoms with E-state index in [0.29, 0.717) is 12.0 Å². The highest BCUT2D eigenvalue weighted by atomic mass is 16.6. The molecule has 19 heavy (non-hydrogen) atoms. The first-order chi connectivity index (χ1) is 8.69. The first kappa shape index (κ1) is 16.3. The van der Waals surface area contributed by atoms with Gasteiger partial charge >= 0.3 is 6.09 Å². The molecule has 4 nitrogen and oxygen atoms in total. The number of hydrogen-bond donors (Lipinski definition) is 2. The molecular weight excluding hydrogens is 240 g/mol. The van der Waals surface area contributed by atoms with E-state index in [1.54, 1.807) is 0 Å². The van der Waals surface area contributed by atoms with Gasteiger partial charge in [-0.05, 0) is 52.4 Å². The Hall–Kier alpha value is -0.770. The van der Waals surface area contributed by atoms with E-state index in [4.69, 9.17) is 4.74 Å². The van der Waals surface area contributed by atoms with Gasteiger partial charge in [0.1, 0.15) is 5.60 Å². The minimum Gasteiger partial charge on any atom is -0.444 e. The predicted octanol–water partition coefficient (Wildman–Crippen LogP) is 2.92. The Morgan fingerprint density at radius 1 is 1.26 bits per heavy atom. The van der Waals surface area contributed by atoms with Crippen molar-refractivity contribution in [2.75, 3.05) is 6.54 Å². The van der Waals surface area contributed by atoms with Crippen LogP contribution in [0.25, 0.3) is 0 Å². The topological polar surface area (TPSA) is 50.4 Å². The first-order valence-electron chi connectivity index (χ1n) is 7.42. The van der Waals surface area contributed by atoms with E-state index in [9.17, 15) is 4.79 Å². The standard InChI is InChI=1S/C15H30N2O2/c1-10(2)13(9-16-11(3)12-7-8-12)17-14(18)19-15(4,5)6/h10-13,16H,7-9H2,1-6H3,(H,17,18). The summed E-state index contributed by atoms with van der Waals surface area (Å²) in [6, 6.07) is 0.651. The van der Waals surface area contributed by atoms with Gasteiger partial charge in [0.2, 0.25) is 0 Å². The van der Waals surface area contributed by atoms with Gasteiger partial charge in [0.15, 0.2) is 0 Å². The van der Waals surface area contributed by atoms with Crippen LogP contribution in [0.1, 0.15) is 54.4 Å². The lowest BCUT2D eigenvalue weighted by Gasteiger charge is -2.27. The molecule has 0 saturated heterocycles. The molecule has 1 aliphatic rings. The smallest absolute Gasteiger partial charge is 0.407 e. The highest BCUT2D eigenvalue weighted by Crippen LogP contribution is 2.32. The van der Waals surface area contributed by atoms with Gasteiger partial charge in [0, 0.05) is 18.6 Å². The molecule has 0 radical (unpaired) electrons. The molecule has 0 aliphatic heterocycles. The molecule has 2 N–H and O–H groups in total. The lowest BCUT2D eigenvalue weighted by Crippen LogP contribution is -2.48. The quantitative estimate of drug-likeness (QED) is 0.780. The fourth-order valence-electron chi connectivity index (χ4n) is 1.99. The Labute approximate surface area is 117 Å². The van der Waals surface area contributed by atoms with E-state index in [0.717, 1.165) is 12.5 Å². The number of ether oxygens (including phenoxy) is 1. The third-order valence-electron chi connectivity index (χ3n) is 3.50. The van der Waals surface area contributed by atoms with E-state index in [1.165, 1.54) is 12.8 Å². The molecule has 1 amide bonds. The molecule has 4 heteroatoms. The monoisotopic (exact) mass is 270 g/mol. The number of amides is 1. The van der Waals surface area contributed by atoms with Crippen molar-refractivity contribution < 1.29 is 9.53 Å². The van der Waals surface area contributed by atoms with Crippen LogP contribution in [0.15, 0.2) is 0 Å².